The zero-order valence-electron chi connectivity index (χ0n) is 6.35. The van der Waals surface area contributed by atoms with Gasteiger partial charge in [-0.3, -0.25) is 4.70 Å². The molecule has 9 heavy (non-hydrogen) atoms. The molecule has 2 heteroatoms. The number of halogens is 2. The minimum absolute atomic E-state index is 0. The molecule has 0 aliphatic rings. The van der Waals surface area contributed by atoms with Crippen LogP contribution in [0.3, 0.4) is 0 Å². The van der Waals surface area contributed by atoms with Gasteiger partial charge in [0.05, 0.1) is 0 Å². The highest BCUT2D eigenvalue weighted by molar-refractivity contribution is 14.0. The summed E-state index contributed by atoms with van der Waals surface area (Å²) in [5.74, 6) is 0. The van der Waals surface area contributed by atoms with Crippen LogP contribution in [0.2, 0.25) is 0 Å². The van der Waals surface area contributed by atoms with E-state index >= 15 is 0 Å². The first-order valence-corrected chi connectivity index (χ1v) is 3.41. The number of hydrogen-bond donors (Lipinski definition) is 0. The van der Waals surface area contributed by atoms with Gasteiger partial charge in [-0.15, -0.1) is 24.0 Å². The molecule has 0 aromatic rings. The van der Waals surface area contributed by atoms with Gasteiger partial charge in [-0.05, 0) is 0 Å². The maximum atomic E-state index is 2.25. The van der Waals surface area contributed by atoms with Gasteiger partial charge in [0.1, 0.15) is 0 Å². The average molecular weight is 248 g/mol. The quantitative estimate of drug-likeness (QED) is 0.525. The lowest BCUT2D eigenvalue weighted by Gasteiger charge is -1.90. The summed E-state index contributed by atoms with van der Waals surface area (Å²) in [6.07, 6.45) is 7.01. The lowest BCUT2D eigenvalue weighted by Crippen LogP contribution is -1.70. The molecule has 0 nitrogen and oxygen atoms in total. The van der Waals surface area contributed by atoms with E-state index in [2.05, 4.69) is 13.8 Å². The second-order valence-corrected chi connectivity index (χ2v) is 2.06. The van der Waals surface area contributed by atoms with E-state index in [-0.39, 0.29) is 28.7 Å². The molecule has 0 aromatic heterocycles. The van der Waals surface area contributed by atoms with E-state index in [0.717, 1.165) is 0 Å². The molecular weight excluding hydrogens is 230 g/mol. The van der Waals surface area contributed by atoms with Crippen molar-refractivity contribution in [1.29, 1.82) is 0 Å². The number of hydrogen-bond acceptors (Lipinski definition) is 0. The summed E-state index contributed by atoms with van der Waals surface area (Å²) in [5, 5.41) is 0. The highest BCUT2D eigenvalue weighted by Crippen LogP contribution is 2.00. The van der Waals surface area contributed by atoms with Crippen molar-refractivity contribution in [3.63, 3.8) is 0 Å². The summed E-state index contributed by atoms with van der Waals surface area (Å²) < 4.78 is 0. The lowest BCUT2D eigenvalue weighted by molar-refractivity contribution is 0.656. The second-order valence-electron chi connectivity index (χ2n) is 2.06. The Hall–Kier alpha value is 0.660. The van der Waals surface area contributed by atoms with E-state index in [0.29, 0.717) is 0 Å². The van der Waals surface area contributed by atoms with Crippen molar-refractivity contribution in [2.24, 2.45) is 0 Å². The minimum atomic E-state index is 0. The van der Waals surface area contributed by atoms with Crippen LogP contribution in [0.5, 0.6) is 0 Å². The SMILES string of the molecule is CCCCCCC.F.I. The van der Waals surface area contributed by atoms with Crippen molar-refractivity contribution in [3.8, 4) is 0 Å². The van der Waals surface area contributed by atoms with Crippen LogP contribution in [-0.4, -0.2) is 0 Å². The van der Waals surface area contributed by atoms with Crippen molar-refractivity contribution in [2.75, 3.05) is 0 Å². The molecule has 0 saturated heterocycles. The third-order valence-electron chi connectivity index (χ3n) is 1.21. The van der Waals surface area contributed by atoms with Crippen LogP contribution in [0.1, 0.15) is 46.0 Å². The Morgan fingerprint density at radius 1 is 0.778 bits per heavy atom. The molecular formula is C7H18FI. The van der Waals surface area contributed by atoms with Gasteiger partial charge in [0, 0.05) is 0 Å². The first kappa shape index (κ1) is 16.3. The average Bonchev–Trinajstić information content (AvgIpc) is 1.69. The van der Waals surface area contributed by atoms with Crippen molar-refractivity contribution in [2.45, 2.75) is 46.0 Å². The van der Waals surface area contributed by atoms with Crippen LogP contribution in [-0.2, 0) is 0 Å². The fourth-order valence-electron chi connectivity index (χ4n) is 0.677. The predicted octanol–water partition coefficient (Wildman–Crippen LogP) is 3.75. The van der Waals surface area contributed by atoms with E-state index in [1.54, 1.807) is 0 Å². The molecule has 0 rings (SSSR count). The Morgan fingerprint density at radius 2 is 1.11 bits per heavy atom. The summed E-state index contributed by atoms with van der Waals surface area (Å²) in [4.78, 5) is 0. The van der Waals surface area contributed by atoms with E-state index in [4.69, 9.17) is 0 Å². The maximum absolute atomic E-state index is 2.25. The Morgan fingerprint density at radius 3 is 1.33 bits per heavy atom. The van der Waals surface area contributed by atoms with Crippen molar-refractivity contribution < 1.29 is 4.70 Å². The lowest BCUT2D eigenvalue weighted by atomic mass is 10.2. The zero-order valence-corrected chi connectivity index (χ0v) is 8.68. The summed E-state index contributed by atoms with van der Waals surface area (Å²) in [5.41, 5.74) is 0. The Bertz CT molecular complexity index is 28.1. The van der Waals surface area contributed by atoms with E-state index in [9.17, 15) is 0 Å². The predicted molar refractivity (Wildman–Crippen MR) is 52.4 cm³/mol. The first-order chi connectivity index (χ1) is 3.41. The maximum Gasteiger partial charge on any atom is -0.0533 e. The summed E-state index contributed by atoms with van der Waals surface area (Å²) in [6.45, 7) is 4.49. The molecule has 0 amide bonds. The molecule has 0 aliphatic heterocycles. The largest absolute Gasteiger partial charge is 0.269 e. The topological polar surface area (TPSA) is 0 Å². The van der Waals surface area contributed by atoms with Crippen molar-refractivity contribution in [3.05, 3.63) is 0 Å². The summed E-state index contributed by atoms with van der Waals surface area (Å²) in [6, 6.07) is 0. The monoisotopic (exact) mass is 248 g/mol. The molecule has 0 fully saturated rings. The standard InChI is InChI=1S/C7H16.FH.HI/c1-3-5-7-6-4-2;;/h3-7H2,1-2H3;2*1H. The highest BCUT2D eigenvalue weighted by atomic mass is 127. The Labute approximate surface area is 74.8 Å². The summed E-state index contributed by atoms with van der Waals surface area (Å²) in [7, 11) is 0. The summed E-state index contributed by atoms with van der Waals surface area (Å²) >= 11 is 0. The van der Waals surface area contributed by atoms with Crippen LogP contribution in [0, 0.1) is 0 Å². The molecule has 0 heterocycles. The van der Waals surface area contributed by atoms with Gasteiger partial charge in [0.15, 0.2) is 0 Å². The van der Waals surface area contributed by atoms with Crippen molar-refractivity contribution >= 4 is 24.0 Å². The molecule has 60 valence electrons. The molecule has 0 aliphatic carbocycles. The minimum Gasteiger partial charge on any atom is -0.269 e. The molecule has 0 spiro atoms. The third-order valence-corrected chi connectivity index (χ3v) is 1.21. The Balaban J connectivity index is -0.000000180. The number of rotatable bonds is 4. The molecule has 0 atom stereocenters. The fraction of sp³-hybridized carbons (Fsp3) is 1.00. The molecule has 0 bridgehead atoms. The van der Waals surface area contributed by atoms with Crippen LogP contribution < -0.4 is 0 Å². The first-order valence-electron chi connectivity index (χ1n) is 3.41. The van der Waals surface area contributed by atoms with Crippen molar-refractivity contribution in [1.82, 2.24) is 0 Å². The molecule has 0 radical (unpaired) electrons. The fourth-order valence-corrected chi connectivity index (χ4v) is 0.677. The molecule has 0 N–H and O–H groups in total. The van der Waals surface area contributed by atoms with E-state index < -0.39 is 0 Å². The second kappa shape index (κ2) is 15.9. The number of unbranched alkanes of at least 4 members (excludes halogenated alkanes) is 4. The molecule has 0 unspecified atom stereocenters. The van der Waals surface area contributed by atoms with Crippen LogP contribution in [0.15, 0.2) is 0 Å². The van der Waals surface area contributed by atoms with Gasteiger partial charge in [-0.1, -0.05) is 46.0 Å². The van der Waals surface area contributed by atoms with Crippen LogP contribution in [0.25, 0.3) is 0 Å². The van der Waals surface area contributed by atoms with Gasteiger partial charge in [0.2, 0.25) is 0 Å². The Kier molecular flexibility index (Phi) is 28.8. The van der Waals surface area contributed by atoms with Gasteiger partial charge in [-0.2, -0.15) is 0 Å². The smallest absolute Gasteiger partial charge is 0.0533 e. The van der Waals surface area contributed by atoms with Crippen LogP contribution >= 0.6 is 24.0 Å². The zero-order chi connectivity index (χ0) is 5.54. The van der Waals surface area contributed by atoms with Crippen LogP contribution in [0.4, 0.5) is 4.70 Å². The van der Waals surface area contributed by atoms with Gasteiger partial charge in [0.25, 0.3) is 0 Å². The van der Waals surface area contributed by atoms with Gasteiger partial charge < -0.3 is 0 Å². The van der Waals surface area contributed by atoms with E-state index in [1.807, 2.05) is 0 Å². The molecule has 0 saturated carbocycles. The normalized spacial score (nSPS) is 7.33. The van der Waals surface area contributed by atoms with Gasteiger partial charge >= 0.3 is 0 Å². The van der Waals surface area contributed by atoms with Gasteiger partial charge in [-0.25, -0.2) is 0 Å². The highest BCUT2D eigenvalue weighted by Gasteiger charge is 1.80. The third kappa shape index (κ3) is 17.7. The van der Waals surface area contributed by atoms with E-state index in [1.165, 1.54) is 32.1 Å². The molecule has 0 aromatic carbocycles.